The second kappa shape index (κ2) is 9.22. The number of carbonyl (C=O) groups excluding carboxylic acids is 1. The molecule has 0 saturated heterocycles. The number of rotatable bonds is 8. The van der Waals surface area contributed by atoms with Gasteiger partial charge >= 0.3 is 12.1 Å². The molecule has 0 bridgehead atoms. The average molecular weight is 298 g/mol. The van der Waals surface area contributed by atoms with Crippen molar-refractivity contribution in [2.75, 3.05) is 18.1 Å². The summed E-state index contributed by atoms with van der Waals surface area (Å²) in [6.07, 6.45) is -0.489. The summed E-state index contributed by atoms with van der Waals surface area (Å²) >= 11 is 1.37. The van der Waals surface area contributed by atoms with E-state index in [1.807, 2.05) is 30.3 Å². The van der Waals surface area contributed by atoms with Crippen molar-refractivity contribution in [3.05, 3.63) is 35.9 Å². The molecule has 0 aliphatic heterocycles. The lowest BCUT2D eigenvalue weighted by atomic mass is 10.2. The molecule has 6 nitrogen and oxygen atoms in total. The van der Waals surface area contributed by atoms with E-state index in [1.54, 1.807) is 0 Å². The van der Waals surface area contributed by atoms with Gasteiger partial charge in [0.1, 0.15) is 12.6 Å². The van der Waals surface area contributed by atoms with Gasteiger partial charge in [0, 0.05) is 18.1 Å². The first-order chi connectivity index (χ1) is 9.59. The summed E-state index contributed by atoms with van der Waals surface area (Å²) in [6, 6.07) is 8.51. The van der Waals surface area contributed by atoms with Crippen LogP contribution in [0.25, 0.3) is 0 Å². The van der Waals surface area contributed by atoms with Gasteiger partial charge < -0.3 is 20.9 Å². The normalized spacial score (nSPS) is 11.7. The van der Waals surface area contributed by atoms with Gasteiger partial charge in [-0.05, 0) is 5.56 Å². The fourth-order valence-corrected chi connectivity index (χ4v) is 2.09. The van der Waals surface area contributed by atoms with E-state index in [9.17, 15) is 9.59 Å². The highest BCUT2D eigenvalue weighted by Gasteiger charge is 2.10. The number of carbonyl (C=O) groups is 2. The van der Waals surface area contributed by atoms with Gasteiger partial charge in [-0.3, -0.25) is 4.79 Å². The number of carboxylic acids is 1. The van der Waals surface area contributed by atoms with Crippen LogP contribution in [-0.4, -0.2) is 41.3 Å². The van der Waals surface area contributed by atoms with Crippen LogP contribution in [-0.2, 0) is 16.1 Å². The molecule has 0 aromatic heterocycles. The molecular formula is C13H18N2O4S. The number of hydrogen-bond donors (Lipinski definition) is 3. The Morgan fingerprint density at radius 1 is 1.35 bits per heavy atom. The van der Waals surface area contributed by atoms with Crippen molar-refractivity contribution in [2.45, 2.75) is 12.6 Å². The number of amides is 1. The van der Waals surface area contributed by atoms with E-state index in [0.29, 0.717) is 18.1 Å². The van der Waals surface area contributed by atoms with Crippen molar-refractivity contribution in [3.8, 4) is 0 Å². The first-order valence-electron chi connectivity index (χ1n) is 6.10. The average Bonchev–Trinajstić information content (AvgIpc) is 2.45. The number of hydrogen-bond acceptors (Lipinski definition) is 5. The number of thioether (sulfide) groups is 1. The van der Waals surface area contributed by atoms with Crippen LogP contribution in [0, 0.1) is 0 Å². The first kappa shape index (κ1) is 16.3. The van der Waals surface area contributed by atoms with Gasteiger partial charge in [-0.2, -0.15) is 11.8 Å². The minimum atomic E-state index is -1.02. The molecule has 0 saturated carbocycles. The molecule has 1 amide bonds. The molecule has 1 atom stereocenters. The lowest BCUT2D eigenvalue weighted by Gasteiger charge is -2.08. The maximum atomic E-state index is 11.4. The summed E-state index contributed by atoms with van der Waals surface area (Å²) in [5.41, 5.74) is 6.26. The van der Waals surface area contributed by atoms with Crippen LogP contribution < -0.4 is 11.1 Å². The summed E-state index contributed by atoms with van der Waals surface area (Å²) in [5, 5.41) is 11.2. The molecular weight excluding hydrogens is 280 g/mol. The van der Waals surface area contributed by atoms with E-state index in [2.05, 4.69) is 5.32 Å². The maximum absolute atomic E-state index is 11.4. The number of benzene rings is 1. The van der Waals surface area contributed by atoms with Gasteiger partial charge in [0.2, 0.25) is 0 Å². The van der Waals surface area contributed by atoms with E-state index in [4.69, 9.17) is 15.6 Å². The molecule has 20 heavy (non-hydrogen) atoms. The Balaban J connectivity index is 2.05. The molecule has 1 aromatic rings. The topological polar surface area (TPSA) is 102 Å². The summed E-state index contributed by atoms with van der Waals surface area (Å²) in [4.78, 5) is 21.8. The number of alkyl carbamates (subject to hydrolysis) is 1. The number of nitrogens with two attached hydrogens (primary N) is 1. The highest BCUT2D eigenvalue weighted by molar-refractivity contribution is 7.99. The number of ether oxygens (including phenoxy) is 1. The largest absolute Gasteiger partial charge is 0.480 e. The van der Waals surface area contributed by atoms with Gasteiger partial charge in [-0.1, -0.05) is 30.3 Å². The van der Waals surface area contributed by atoms with Crippen molar-refractivity contribution in [1.82, 2.24) is 5.32 Å². The van der Waals surface area contributed by atoms with Crippen molar-refractivity contribution in [3.63, 3.8) is 0 Å². The monoisotopic (exact) mass is 298 g/mol. The van der Waals surface area contributed by atoms with Crippen LogP contribution in [0.4, 0.5) is 4.79 Å². The van der Waals surface area contributed by atoms with Gasteiger partial charge in [0.05, 0.1) is 0 Å². The predicted molar refractivity (Wildman–Crippen MR) is 77.6 cm³/mol. The minimum Gasteiger partial charge on any atom is -0.480 e. The van der Waals surface area contributed by atoms with Gasteiger partial charge in [-0.25, -0.2) is 4.79 Å². The minimum absolute atomic E-state index is 0.226. The molecule has 0 fully saturated rings. The SMILES string of the molecule is NC(CSCCNC(=O)OCc1ccccc1)C(=O)O. The summed E-state index contributed by atoms with van der Waals surface area (Å²) in [5.74, 6) is -0.120. The smallest absolute Gasteiger partial charge is 0.407 e. The molecule has 110 valence electrons. The van der Waals surface area contributed by atoms with Crippen LogP contribution in [0.15, 0.2) is 30.3 Å². The van der Waals surface area contributed by atoms with Crippen molar-refractivity contribution < 1.29 is 19.4 Å². The molecule has 1 aromatic carbocycles. The molecule has 7 heteroatoms. The predicted octanol–water partition coefficient (Wildman–Crippen LogP) is 1.06. The Bertz CT molecular complexity index is 428. The second-order valence-corrected chi connectivity index (χ2v) is 5.16. The number of aliphatic carboxylic acids is 1. The van der Waals surface area contributed by atoms with Gasteiger partial charge in [0.25, 0.3) is 0 Å². The van der Waals surface area contributed by atoms with Crippen molar-refractivity contribution in [2.24, 2.45) is 5.73 Å². The Labute approximate surface area is 121 Å². The van der Waals surface area contributed by atoms with Crippen LogP contribution in [0.1, 0.15) is 5.56 Å². The van der Waals surface area contributed by atoms with Crippen LogP contribution >= 0.6 is 11.8 Å². The number of nitrogens with one attached hydrogen (secondary N) is 1. The molecule has 0 heterocycles. The third-order valence-corrected chi connectivity index (χ3v) is 3.43. The van der Waals surface area contributed by atoms with Crippen LogP contribution in [0.2, 0.25) is 0 Å². The van der Waals surface area contributed by atoms with E-state index in [0.717, 1.165) is 5.56 Å². The fraction of sp³-hybridized carbons (Fsp3) is 0.385. The zero-order valence-corrected chi connectivity index (χ0v) is 11.8. The first-order valence-corrected chi connectivity index (χ1v) is 7.25. The highest BCUT2D eigenvalue weighted by Crippen LogP contribution is 2.02. The molecule has 0 spiro atoms. The summed E-state index contributed by atoms with van der Waals surface area (Å²) in [7, 11) is 0. The van der Waals surface area contributed by atoms with E-state index < -0.39 is 18.1 Å². The molecule has 1 unspecified atom stereocenters. The Kier molecular flexibility index (Phi) is 7.52. The fourth-order valence-electron chi connectivity index (χ4n) is 1.28. The van der Waals surface area contributed by atoms with Crippen molar-refractivity contribution in [1.29, 1.82) is 0 Å². The summed E-state index contributed by atoms with van der Waals surface area (Å²) < 4.78 is 5.02. The standard InChI is InChI=1S/C13H18N2O4S/c14-11(12(16)17)9-20-7-6-15-13(18)19-8-10-4-2-1-3-5-10/h1-5,11H,6-9,14H2,(H,15,18)(H,16,17). The zero-order chi connectivity index (χ0) is 14.8. The quantitative estimate of drug-likeness (QED) is 0.620. The van der Waals surface area contributed by atoms with E-state index >= 15 is 0 Å². The van der Waals surface area contributed by atoms with Gasteiger partial charge in [0.15, 0.2) is 0 Å². The molecule has 1 rings (SSSR count). The summed E-state index contributed by atoms with van der Waals surface area (Å²) in [6.45, 7) is 0.633. The highest BCUT2D eigenvalue weighted by atomic mass is 32.2. The van der Waals surface area contributed by atoms with Crippen LogP contribution in [0.3, 0.4) is 0 Å². The zero-order valence-electron chi connectivity index (χ0n) is 11.0. The maximum Gasteiger partial charge on any atom is 0.407 e. The van der Waals surface area contributed by atoms with Gasteiger partial charge in [-0.15, -0.1) is 0 Å². The molecule has 0 radical (unpaired) electrons. The van der Waals surface area contributed by atoms with E-state index in [1.165, 1.54) is 11.8 Å². The molecule has 0 aliphatic rings. The molecule has 0 aliphatic carbocycles. The third kappa shape index (κ3) is 7.01. The Morgan fingerprint density at radius 3 is 2.70 bits per heavy atom. The molecule has 4 N–H and O–H groups in total. The van der Waals surface area contributed by atoms with Crippen molar-refractivity contribution >= 4 is 23.8 Å². The number of carboxylic acid groups (broad SMARTS) is 1. The lowest BCUT2D eigenvalue weighted by Crippen LogP contribution is -2.33. The Morgan fingerprint density at radius 2 is 2.05 bits per heavy atom. The van der Waals surface area contributed by atoms with E-state index in [-0.39, 0.29) is 6.61 Å². The third-order valence-electron chi connectivity index (χ3n) is 2.34. The second-order valence-electron chi connectivity index (χ2n) is 4.01. The lowest BCUT2D eigenvalue weighted by molar-refractivity contribution is -0.137. The Hall–Kier alpha value is -1.73. The van der Waals surface area contributed by atoms with Crippen LogP contribution in [0.5, 0.6) is 0 Å².